The molecule has 0 aliphatic carbocycles. The van der Waals surface area contributed by atoms with Crippen LogP contribution in [0.2, 0.25) is 0 Å². The van der Waals surface area contributed by atoms with Crippen molar-refractivity contribution in [1.29, 1.82) is 0 Å². The second kappa shape index (κ2) is 4.13. The molecule has 1 aromatic rings. The minimum Gasteiger partial charge on any atom is -0.374 e. The van der Waals surface area contributed by atoms with Crippen LogP contribution in [0.3, 0.4) is 0 Å². The molecule has 0 saturated heterocycles. The first-order chi connectivity index (χ1) is 6.52. The van der Waals surface area contributed by atoms with E-state index in [1.165, 1.54) is 0 Å². The first kappa shape index (κ1) is 10.6. The molecule has 1 heteroatoms. The lowest BCUT2D eigenvalue weighted by Crippen LogP contribution is -2.22. The summed E-state index contributed by atoms with van der Waals surface area (Å²) in [5.74, 6) is 5.69. The molecule has 14 heavy (non-hydrogen) atoms. The maximum absolute atomic E-state index is 9.78. The topological polar surface area (TPSA) is 20.2 Å². The molecule has 0 aliphatic rings. The third-order valence-electron chi connectivity index (χ3n) is 2.06. The Bertz CT molecular complexity index is 377. The summed E-state index contributed by atoms with van der Waals surface area (Å²) in [6, 6.07) is 9.57. The van der Waals surface area contributed by atoms with Crippen LogP contribution in [0.5, 0.6) is 0 Å². The van der Waals surface area contributed by atoms with Gasteiger partial charge in [-0.15, -0.1) is 0 Å². The van der Waals surface area contributed by atoms with Gasteiger partial charge in [-0.1, -0.05) is 36.6 Å². The normalized spacial score (nSPS) is 13.6. The number of aliphatic hydroxyl groups is 1. The van der Waals surface area contributed by atoms with E-state index in [0.717, 1.165) is 5.56 Å². The lowest BCUT2D eigenvalue weighted by Gasteiger charge is -2.15. The predicted molar refractivity (Wildman–Crippen MR) is 58.8 cm³/mol. The number of rotatable bonds is 1. The highest BCUT2D eigenvalue weighted by Crippen LogP contribution is 2.12. The van der Waals surface area contributed by atoms with E-state index in [4.69, 9.17) is 0 Å². The van der Waals surface area contributed by atoms with Gasteiger partial charge in [0.2, 0.25) is 0 Å². The molecule has 1 unspecified atom stereocenters. The maximum Gasteiger partial charge on any atom is 0.144 e. The summed E-state index contributed by atoms with van der Waals surface area (Å²) in [7, 11) is 0. The summed E-state index contributed by atoms with van der Waals surface area (Å²) in [4.78, 5) is 0. The van der Waals surface area contributed by atoms with Gasteiger partial charge in [-0.2, -0.15) is 0 Å². The van der Waals surface area contributed by atoms with Gasteiger partial charge in [-0.05, 0) is 31.6 Å². The molecule has 0 heterocycles. The Morgan fingerprint density at radius 2 is 1.93 bits per heavy atom. The van der Waals surface area contributed by atoms with Gasteiger partial charge < -0.3 is 5.11 Å². The first-order valence-electron chi connectivity index (χ1n) is 4.49. The Hall–Kier alpha value is -1.52. The zero-order chi connectivity index (χ0) is 10.6. The predicted octanol–water partition coefficient (Wildman–Crippen LogP) is 2.37. The van der Waals surface area contributed by atoms with Crippen LogP contribution < -0.4 is 0 Å². The van der Waals surface area contributed by atoms with Crippen LogP contribution in [0, 0.1) is 11.8 Å². The molecule has 0 radical (unpaired) electrons. The van der Waals surface area contributed by atoms with Crippen LogP contribution in [-0.2, 0) is 0 Å². The highest BCUT2D eigenvalue weighted by molar-refractivity contribution is 5.38. The van der Waals surface area contributed by atoms with Crippen LogP contribution in [0.15, 0.2) is 42.5 Å². The fraction of sp³-hybridized carbons (Fsp3) is 0.231. The minimum absolute atomic E-state index is 0.654. The van der Waals surface area contributed by atoms with Gasteiger partial charge in [0.1, 0.15) is 5.60 Å². The Labute approximate surface area is 85.1 Å². The molecule has 0 bridgehead atoms. The highest BCUT2D eigenvalue weighted by Gasteiger charge is 2.16. The molecule has 1 aromatic carbocycles. The van der Waals surface area contributed by atoms with Crippen molar-refractivity contribution in [3.63, 3.8) is 0 Å². The average Bonchev–Trinajstić information content (AvgIpc) is 2.16. The fourth-order valence-corrected chi connectivity index (χ4v) is 0.822. The third-order valence-corrected chi connectivity index (χ3v) is 2.06. The van der Waals surface area contributed by atoms with E-state index in [2.05, 4.69) is 18.4 Å². The van der Waals surface area contributed by atoms with Crippen molar-refractivity contribution >= 4 is 0 Å². The van der Waals surface area contributed by atoms with Crippen molar-refractivity contribution in [2.75, 3.05) is 0 Å². The lowest BCUT2D eigenvalue weighted by atomic mass is 9.99. The fourth-order valence-electron chi connectivity index (χ4n) is 0.822. The van der Waals surface area contributed by atoms with Crippen LogP contribution in [-0.4, -0.2) is 10.7 Å². The van der Waals surface area contributed by atoms with Crippen molar-refractivity contribution in [3.05, 3.63) is 48.0 Å². The third kappa shape index (κ3) is 2.76. The van der Waals surface area contributed by atoms with Crippen molar-refractivity contribution in [1.82, 2.24) is 0 Å². The van der Waals surface area contributed by atoms with Gasteiger partial charge in [0.05, 0.1) is 0 Å². The Kier molecular flexibility index (Phi) is 3.11. The van der Waals surface area contributed by atoms with E-state index in [1.54, 1.807) is 13.8 Å². The van der Waals surface area contributed by atoms with Gasteiger partial charge in [0.25, 0.3) is 0 Å². The van der Waals surface area contributed by atoms with Gasteiger partial charge >= 0.3 is 0 Å². The van der Waals surface area contributed by atoms with Crippen LogP contribution in [0.25, 0.3) is 0 Å². The summed E-state index contributed by atoms with van der Waals surface area (Å²) < 4.78 is 0. The second-order valence-electron chi connectivity index (χ2n) is 3.47. The molecule has 0 amide bonds. The van der Waals surface area contributed by atoms with E-state index < -0.39 is 5.60 Å². The van der Waals surface area contributed by atoms with E-state index in [1.807, 2.05) is 30.3 Å². The molecule has 0 fully saturated rings. The molecule has 1 N–H and O–H groups in total. The summed E-state index contributed by atoms with van der Waals surface area (Å²) >= 11 is 0. The molecule has 1 atom stereocenters. The maximum atomic E-state index is 9.78. The molecule has 0 saturated carbocycles. The zero-order valence-corrected chi connectivity index (χ0v) is 8.54. The molecule has 1 rings (SSSR count). The van der Waals surface area contributed by atoms with Gasteiger partial charge in [-0.25, -0.2) is 0 Å². The Morgan fingerprint density at radius 1 is 1.36 bits per heavy atom. The van der Waals surface area contributed by atoms with Crippen molar-refractivity contribution < 1.29 is 5.11 Å². The van der Waals surface area contributed by atoms with Crippen LogP contribution >= 0.6 is 0 Å². The highest BCUT2D eigenvalue weighted by atomic mass is 16.3. The summed E-state index contributed by atoms with van der Waals surface area (Å²) in [6.07, 6.45) is 0. The summed E-state index contributed by atoms with van der Waals surface area (Å²) in [5, 5.41) is 9.78. The molecular formula is C13H14O. The molecule has 0 spiro atoms. The lowest BCUT2D eigenvalue weighted by molar-refractivity contribution is 0.161. The molecule has 0 aliphatic heterocycles. The summed E-state index contributed by atoms with van der Waals surface area (Å²) in [5.41, 5.74) is 0.450. The smallest absolute Gasteiger partial charge is 0.144 e. The Balaban J connectivity index is 2.89. The van der Waals surface area contributed by atoms with Gasteiger partial charge in [0.15, 0.2) is 0 Å². The first-order valence-corrected chi connectivity index (χ1v) is 4.49. The quantitative estimate of drug-likeness (QED) is 0.527. The zero-order valence-electron chi connectivity index (χ0n) is 8.54. The SMILES string of the molecule is C=C(C)C(C)(O)C#Cc1ccccc1. The molecule has 1 nitrogen and oxygen atoms in total. The van der Waals surface area contributed by atoms with Gasteiger partial charge in [0, 0.05) is 5.56 Å². The van der Waals surface area contributed by atoms with E-state index in [-0.39, 0.29) is 0 Å². The largest absolute Gasteiger partial charge is 0.374 e. The number of hydrogen-bond acceptors (Lipinski definition) is 1. The van der Waals surface area contributed by atoms with Crippen molar-refractivity contribution in [2.45, 2.75) is 19.4 Å². The van der Waals surface area contributed by atoms with Crippen molar-refractivity contribution in [3.8, 4) is 11.8 Å². The molecule has 0 aromatic heterocycles. The minimum atomic E-state index is -1.10. The monoisotopic (exact) mass is 186 g/mol. The van der Waals surface area contributed by atoms with E-state index >= 15 is 0 Å². The average molecular weight is 186 g/mol. The standard InChI is InChI=1S/C13H14O/c1-11(2)13(3,14)10-9-12-7-5-4-6-8-12/h4-8,14H,1H2,2-3H3. The Morgan fingerprint density at radius 3 is 2.43 bits per heavy atom. The number of hydrogen-bond donors (Lipinski definition) is 1. The second-order valence-corrected chi connectivity index (χ2v) is 3.47. The summed E-state index contributed by atoms with van der Waals surface area (Å²) in [6.45, 7) is 7.09. The molecular weight excluding hydrogens is 172 g/mol. The molecule has 72 valence electrons. The van der Waals surface area contributed by atoms with E-state index in [9.17, 15) is 5.11 Å². The van der Waals surface area contributed by atoms with E-state index in [0.29, 0.717) is 5.57 Å². The number of benzene rings is 1. The van der Waals surface area contributed by atoms with Gasteiger partial charge in [-0.3, -0.25) is 0 Å². The van der Waals surface area contributed by atoms with Crippen LogP contribution in [0.1, 0.15) is 19.4 Å². The van der Waals surface area contributed by atoms with Crippen LogP contribution in [0.4, 0.5) is 0 Å². The van der Waals surface area contributed by atoms with Crippen molar-refractivity contribution in [2.24, 2.45) is 0 Å².